The van der Waals surface area contributed by atoms with Crippen molar-refractivity contribution in [2.24, 2.45) is 5.73 Å². The standard InChI is InChI=1S/C9H6BrNO2.ClH/c10-7-5-3-1-2-4-6(5)13-8(7)9(11)12;/h1-4H,(H2,11,12);1H. The zero-order valence-corrected chi connectivity index (χ0v) is 9.39. The molecule has 0 fully saturated rings. The van der Waals surface area contributed by atoms with Gasteiger partial charge in [-0.25, -0.2) is 0 Å². The van der Waals surface area contributed by atoms with Crippen molar-refractivity contribution < 1.29 is 9.21 Å². The second kappa shape index (κ2) is 4.02. The molecule has 0 radical (unpaired) electrons. The Morgan fingerprint density at radius 2 is 2.00 bits per heavy atom. The van der Waals surface area contributed by atoms with Gasteiger partial charge in [0.2, 0.25) is 5.76 Å². The first-order chi connectivity index (χ1) is 6.20. The van der Waals surface area contributed by atoms with Gasteiger partial charge in [0, 0.05) is 5.39 Å². The van der Waals surface area contributed by atoms with Crippen molar-refractivity contribution in [1.82, 2.24) is 0 Å². The van der Waals surface area contributed by atoms with Gasteiger partial charge < -0.3 is 10.2 Å². The molecule has 0 saturated heterocycles. The number of amides is 1. The minimum atomic E-state index is -0.567. The lowest BCUT2D eigenvalue weighted by atomic mass is 10.2. The highest BCUT2D eigenvalue weighted by Gasteiger charge is 2.15. The second-order valence-corrected chi connectivity index (χ2v) is 3.40. The zero-order valence-electron chi connectivity index (χ0n) is 6.99. The van der Waals surface area contributed by atoms with E-state index in [4.69, 9.17) is 10.2 Å². The molecule has 1 aromatic heterocycles. The van der Waals surface area contributed by atoms with Crippen LogP contribution in [0.3, 0.4) is 0 Å². The molecule has 0 saturated carbocycles. The lowest BCUT2D eigenvalue weighted by Crippen LogP contribution is -2.09. The summed E-state index contributed by atoms with van der Waals surface area (Å²) < 4.78 is 5.86. The number of halogens is 2. The van der Waals surface area contributed by atoms with Crippen molar-refractivity contribution in [3.8, 4) is 0 Å². The molecule has 5 heteroatoms. The van der Waals surface area contributed by atoms with Crippen LogP contribution in [0.15, 0.2) is 33.2 Å². The SMILES string of the molecule is Cl.NC(=O)c1oc2ccccc2c1Br. The zero-order chi connectivity index (χ0) is 9.42. The van der Waals surface area contributed by atoms with E-state index in [1.807, 2.05) is 18.2 Å². The van der Waals surface area contributed by atoms with Crippen molar-refractivity contribution in [2.45, 2.75) is 0 Å². The first-order valence-corrected chi connectivity index (χ1v) is 4.46. The Bertz CT molecular complexity index is 481. The van der Waals surface area contributed by atoms with Gasteiger partial charge in [-0.1, -0.05) is 12.1 Å². The Balaban J connectivity index is 0.000000980. The van der Waals surface area contributed by atoms with Gasteiger partial charge in [-0.2, -0.15) is 0 Å². The Morgan fingerprint density at radius 3 is 2.57 bits per heavy atom. The minimum Gasteiger partial charge on any atom is -0.450 e. The molecule has 2 aromatic rings. The molecule has 2 N–H and O–H groups in total. The quantitative estimate of drug-likeness (QED) is 0.870. The van der Waals surface area contributed by atoms with Crippen LogP contribution in [-0.4, -0.2) is 5.91 Å². The summed E-state index contributed by atoms with van der Waals surface area (Å²) in [4.78, 5) is 10.9. The number of carbonyl (C=O) groups excluding carboxylic acids is 1. The Morgan fingerprint density at radius 1 is 1.36 bits per heavy atom. The summed E-state index contributed by atoms with van der Waals surface area (Å²) in [5.74, 6) is -0.399. The van der Waals surface area contributed by atoms with Crippen LogP contribution >= 0.6 is 28.3 Å². The molecule has 0 aliphatic heterocycles. The molecule has 0 aliphatic rings. The Hall–Kier alpha value is -1.00. The fourth-order valence-corrected chi connectivity index (χ4v) is 1.78. The van der Waals surface area contributed by atoms with E-state index in [-0.39, 0.29) is 18.2 Å². The number of rotatable bonds is 1. The van der Waals surface area contributed by atoms with Crippen LogP contribution in [0.1, 0.15) is 10.6 Å². The van der Waals surface area contributed by atoms with Crippen LogP contribution in [-0.2, 0) is 0 Å². The summed E-state index contributed by atoms with van der Waals surface area (Å²) >= 11 is 3.26. The number of para-hydroxylation sites is 1. The number of hydrogen-bond donors (Lipinski definition) is 1. The molecule has 3 nitrogen and oxygen atoms in total. The number of nitrogens with two attached hydrogens (primary N) is 1. The molecular formula is C9H7BrClNO2. The van der Waals surface area contributed by atoms with E-state index < -0.39 is 5.91 Å². The fourth-order valence-electron chi connectivity index (χ4n) is 1.17. The lowest BCUT2D eigenvalue weighted by Gasteiger charge is -1.86. The lowest BCUT2D eigenvalue weighted by molar-refractivity contribution is 0.0975. The summed E-state index contributed by atoms with van der Waals surface area (Å²) in [5.41, 5.74) is 5.77. The van der Waals surface area contributed by atoms with Gasteiger partial charge in [-0.15, -0.1) is 12.4 Å². The van der Waals surface area contributed by atoms with Crippen LogP contribution in [0.2, 0.25) is 0 Å². The first-order valence-electron chi connectivity index (χ1n) is 3.67. The molecule has 14 heavy (non-hydrogen) atoms. The summed E-state index contributed by atoms with van der Waals surface area (Å²) in [5, 5.41) is 0.858. The highest BCUT2D eigenvalue weighted by molar-refractivity contribution is 9.10. The normalized spacial score (nSPS) is 9.79. The van der Waals surface area contributed by atoms with Crippen molar-refractivity contribution in [3.63, 3.8) is 0 Å². The van der Waals surface area contributed by atoms with E-state index in [2.05, 4.69) is 15.9 Å². The molecule has 0 atom stereocenters. The van der Waals surface area contributed by atoms with Crippen molar-refractivity contribution >= 4 is 45.2 Å². The van der Waals surface area contributed by atoms with Crippen LogP contribution in [0, 0.1) is 0 Å². The smallest absolute Gasteiger partial charge is 0.285 e. The van der Waals surface area contributed by atoms with Crippen LogP contribution in [0.4, 0.5) is 0 Å². The van der Waals surface area contributed by atoms with E-state index in [9.17, 15) is 4.79 Å². The molecular weight excluding hydrogens is 269 g/mol. The Labute approximate surface area is 94.8 Å². The van der Waals surface area contributed by atoms with Crippen LogP contribution in [0.25, 0.3) is 11.0 Å². The molecule has 1 heterocycles. The Kier molecular flexibility index (Phi) is 3.18. The average Bonchev–Trinajstić information content (AvgIpc) is 2.45. The summed E-state index contributed by atoms with van der Waals surface area (Å²) in [7, 11) is 0. The number of fused-ring (bicyclic) bond motifs is 1. The number of benzene rings is 1. The van der Waals surface area contributed by atoms with Gasteiger partial charge in [-0.05, 0) is 28.1 Å². The molecule has 0 unspecified atom stereocenters. The van der Waals surface area contributed by atoms with Gasteiger partial charge in [-0.3, -0.25) is 4.79 Å². The van der Waals surface area contributed by atoms with Gasteiger partial charge in [0.25, 0.3) is 5.91 Å². The molecule has 2 rings (SSSR count). The largest absolute Gasteiger partial charge is 0.450 e. The molecule has 0 bridgehead atoms. The van der Waals surface area contributed by atoms with E-state index in [0.29, 0.717) is 10.1 Å². The first kappa shape index (κ1) is 11.1. The molecule has 0 spiro atoms. The monoisotopic (exact) mass is 275 g/mol. The van der Waals surface area contributed by atoms with Crippen LogP contribution < -0.4 is 5.73 Å². The number of hydrogen-bond acceptors (Lipinski definition) is 2. The van der Waals surface area contributed by atoms with Crippen molar-refractivity contribution in [1.29, 1.82) is 0 Å². The summed E-state index contributed by atoms with van der Waals surface area (Å²) in [6.07, 6.45) is 0. The number of primary amides is 1. The second-order valence-electron chi connectivity index (χ2n) is 2.61. The maximum Gasteiger partial charge on any atom is 0.285 e. The maximum atomic E-state index is 10.9. The predicted octanol–water partition coefficient (Wildman–Crippen LogP) is 2.72. The summed E-state index contributed by atoms with van der Waals surface area (Å²) in [6.45, 7) is 0. The van der Waals surface area contributed by atoms with E-state index >= 15 is 0 Å². The van der Waals surface area contributed by atoms with Crippen molar-refractivity contribution in [2.75, 3.05) is 0 Å². The third kappa shape index (κ3) is 1.63. The molecule has 1 aromatic carbocycles. The van der Waals surface area contributed by atoms with E-state index in [0.717, 1.165) is 5.39 Å². The average molecular weight is 277 g/mol. The number of furan rings is 1. The van der Waals surface area contributed by atoms with Gasteiger partial charge >= 0.3 is 0 Å². The van der Waals surface area contributed by atoms with Gasteiger partial charge in [0.05, 0.1) is 4.47 Å². The highest BCUT2D eigenvalue weighted by Crippen LogP contribution is 2.29. The highest BCUT2D eigenvalue weighted by atomic mass is 79.9. The van der Waals surface area contributed by atoms with Gasteiger partial charge in [0.1, 0.15) is 5.58 Å². The summed E-state index contributed by atoms with van der Waals surface area (Å²) in [6, 6.07) is 7.35. The van der Waals surface area contributed by atoms with E-state index in [1.54, 1.807) is 6.07 Å². The molecule has 1 amide bonds. The topological polar surface area (TPSA) is 56.2 Å². The number of carbonyl (C=O) groups is 1. The van der Waals surface area contributed by atoms with Gasteiger partial charge in [0.15, 0.2) is 0 Å². The third-order valence-corrected chi connectivity index (χ3v) is 2.55. The third-order valence-electron chi connectivity index (χ3n) is 1.76. The maximum absolute atomic E-state index is 10.9. The fraction of sp³-hybridized carbons (Fsp3) is 0. The predicted molar refractivity (Wildman–Crippen MR) is 59.7 cm³/mol. The minimum absolute atomic E-state index is 0. The van der Waals surface area contributed by atoms with Crippen LogP contribution in [0.5, 0.6) is 0 Å². The van der Waals surface area contributed by atoms with Crippen molar-refractivity contribution in [3.05, 3.63) is 34.5 Å². The molecule has 74 valence electrons. The van der Waals surface area contributed by atoms with E-state index in [1.165, 1.54) is 0 Å². The molecule has 0 aliphatic carbocycles.